The van der Waals surface area contributed by atoms with Gasteiger partial charge in [0.25, 0.3) is 0 Å². The molecule has 0 fully saturated rings. The maximum Gasteiger partial charge on any atom is 0.128 e. The topological polar surface area (TPSA) is 21.3 Å². The molecule has 0 saturated carbocycles. The second-order valence-corrected chi connectivity index (χ2v) is 3.99. The van der Waals surface area contributed by atoms with Crippen molar-refractivity contribution in [1.82, 2.24) is 0 Å². The molecule has 90 valence electrons. The molecule has 3 heteroatoms. The number of aryl methyl sites for hydroxylation is 1. The molecule has 0 spiro atoms. The predicted octanol–water partition coefficient (Wildman–Crippen LogP) is 3.23. The molecule has 0 aliphatic rings. The number of methoxy groups -OCH3 is 1. The van der Waals surface area contributed by atoms with Crippen molar-refractivity contribution < 1.29 is 9.13 Å². The Morgan fingerprint density at radius 1 is 1.44 bits per heavy atom. The minimum atomic E-state index is -0.133. The third-order valence-electron chi connectivity index (χ3n) is 2.60. The van der Waals surface area contributed by atoms with Crippen molar-refractivity contribution in [2.45, 2.75) is 32.7 Å². The summed E-state index contributed by atoms with van der Waals surface area (Å²) < 4.78 is 18.5. The van der Waals surface area contributed by atoms with Crippen LogP contribution in [-0.2, 0) is 11.2 Å². The van der Waals surface area contributed by atoms with Crippen LogP contribution >= 0.6 is 0 Å². The molecule has 1 aromatic carbocycles. The maximum absolute atomic E-state index is 13.5. The number of rotatable bonds is 6. The Bertz CT molecular complexity index is 328. The largest absolute Gasteiger partial charge is 0.385 e. The van der Waals surface area contributed by atoms with Gasteiger partial charge in [-0.2, -0.15) is 0 Å². The van der Waals surface area contributed by atoms with Gasteiger partial charge in [-0.25, -0.2) is 4.39 Å². The van der Waals surface area contributed by atoms with Gasteiger partial charge in [0.2, 0.25) is 0 Å². The summed E-state index contributed by atoms with van der Waals surface area (Å²) in [7, 11) is 1.68. The molecule has 0 saturated heterocycles. The quantitative estimate of drug-likeness (QED) is 0.802. The first-order valence-corrected chi connectivity index (χ1v) is 5.71. The summed E-state index contributed by atoms with van der Waals surface area (Å²) in [6.45, 7) is 4.72. The molecule has 0 heterocycles. The van der Waals surface area contributed by atoms with Crippen LogP contribution in [0.5, 0.6) is 0 Å². The summed E-state index contributed by atoms with van der Waals surface area (Å²) in [5, 5.41) is 3.25. The second-order valence-electron chi connectivity index (χ2n) is 3.99. The molecule has 16 heavy (non-hydrogen) atoms. The fourth-order valence-electron chi connectivity index (χ4n) is 1.58. The van der Waals surface area contributed by atoms with E-state index in [1.165, 1.54) is 0 Å². The first-order chi connectivity index (χ1) is 7.67. The summed E-state index contributed by atoms with van der Waals surface area (Å²) in [6.07, 6.45) is 1.64. The lowest BCUT2D eigenvalue weighted by atomic mass is 10.1. The van der Waals surface area contributed by atoms with Crippen LogP contribution in [0.25, 0.3) is 0 Å². The van der Waals surface area contributed by atoms with Crippen molar-refractivity contribution in [1.29, 1.82) is 0 Å². The Balaban J connectivity index is 2.57. The van der Waals surface area contributed by atoms with Gasteiger partial charge in [-0.15, -0.1) is 0 Å². The average Bonchev–Trinajstić information content (AvgIpc) is 2.26. The Kier molecular flexibility index (Phi) is 5.26. The summed E-state index contributed by atoms with van der Waals surface area (Å²) >= 11 is 0. The second kappa shape index (κ2) is 6.48. The SMILES string of the molecule is CCc1ccc(NC(C)CCOC)cc1F. The highest BCUT2D eigenvalue weighted by Crippen LogP contribution is 2.16. The molecule has 0 aliphatic carbocycles. The molecule has 1 N–H and O–H groups in total. The lowest BCUT2D eigenvalue weighted by molar-refractivity contribution is 0.191. The van der Waals surface area contributed by atoms with E-state index in [2.05, 4.69) is 12.2 Å². The molecule has 0 aliphatic heterocycles. The predicted molar refractivity (Wildman–Crippen MR) is 65.4 cm³/mol. The van der Waals surface area contributed by atoms with Gasteiger partial charge in [0.1, 0.15) is 5.82 Å². The van der Waals surface area contributed by atoms with Crippen molar-refractivity contribution in [3.8, 4) is 0 Å². The van der Waals surface area contributed by atoms with Crippen molar-refractivity contribution >= 4 is 5.69 Å². The van der Waals surface area contributed by atoms with Crippen molar-refractivity contribution in [3.05, 3.63) is 29.6 Å². The first-order valence-electron chi connectivity index (χ1n) is 5.71. The van der Waals surface area contributed by atoms with E-state index >= 15 is 0 Å². The molecule has 1 aromatic rings. The van der Waals surface area contributed by atoms with Gasteiger partial charge in [-0.1, -0.05) is 13.0 Å². The van der Waals surface area contributed by atoms with E-state index < -0.39 is 0 Å². The minimum Gasteiger partial charge on any atom is -0.385 e. The Morgan fingerprint density at radius 3 is 2.75 bits per heavy atom. The number of hydrogen-bond acceptors (Lipinski definition) is 2. The molecular formula is C13H20FNO. The van der Waals surface area contributed by atoms with E-state index in [1.807, 2.05) is 19.1 Å². The lowest BCUT2D eigenvalue weighted by Crippen LogP contribution is -2.17. The average molecular weight is 225 g/mol. The molecule has 0 radical (unpaired) electrons. The third kappa shape index (κ3) is 3.81. The monoisotopic (exact) mass is 225 g/mol. The van der Waals surface area contributed by atoms with E-state index in [9.17, 15) is 4.39 Å². The fraction of sp³-hybridized carbons (Fsp3) is 0.538. The molecule has 0 aromatic heterocycles. The summed E-state index contributed by atoms with van der Waals surface area (Å²) in [6, 6.07) is 5.60. The Hall–Kier alpha value is -1.09. The molecule has 0 bridgehead atoms. The van der Waals surface area contributed by atoms with Crippen LogP contribution in [0.2, 0.25) is 0 Å². The van der Waals surface area contributed by atoms with Gasteiger partial charge in [0.05, 0.1) is 0 Å². The normalized spacial score (nSPS) is 12.5. The van der Waals surface area contributed by atoms with Crippen molar-refractivity contribution in [2.75, 3.05) is 19.0 Å². The van der Waals surface area contributed by atoms with E-state index in [4.69, 9.17) is 4.74 Å². The number of ether oxygens (including phenoxy) is 1. The molecule has 1 atom stereocenters. The van der Waals surface area contributed by atoms with Crippen molar-refractivity contribution in [2.24, 2.45) is 0 Å². The van der Waals surface area contributed by atoms with E-state index in [1.54, 1.807) is 13.2 Å². The smallest absolute Gasteiger partial charge is 0.128 e. The van der Waals surface area contributed by atoms with Gasteiger partial charge in [0.15, 0.2) is 0 Å². The molecule has 2 nitrogen and oxygen atoms in total. The van der Waals surface area contributed by atoms with Crippen LogP contribution in [0.1, 0.15) is 25.8 Å². The number of nitrogens with one attached hydrogen (secondary N) is 1. The fourth-order valence-corrected chi connectivity index (χ4v) is 1.58. The summed E-state index contributed by atoms with van der Waals surface area (Å²) in [5.41, 5.74) is 1.59. The molecule has 0 amide bonds. The number of hydrogen-bond donors (Lipinski definition) is 1. The number of anilines is 1. The van der Waals surface area contributed by atoms with Gasteiger partial charge >= 0.3 is 0 Å². The highest BCUT2D eigenvalue weighted by atomic mass is 19.1. The van der Waals surface area contributed by atoms with E-state index in [0.717, 1.165) is 24.1 Å². The minimum absolute atomic E-state index is 0.133. The van der Waals surface area contributed by atoms with Crippen LogP contribution in [0.3, 0.4) is 0 Å². The Morgan fingerprint density at radius 2 is 2.19 bits per heavy atom. The highest BCUT2D eigenvalue weighted by molar-refractivity contribution is 5.46. The zero-order valence-electron chi connectivity index (χ0n) is 10.2. The van der Waals surface area contributed by atoms with Gasteiger partial charge in [0, 0.05) is 25.4 Å². The van der Waals surface area contributed by atoms with Crippen LogP contribution in [0.15, 0.2) is 18.2 Å². The number of benzene rings is 1. The van der Waals surface area contributed by atoms with Crippen LogP contribution < -0.4 is 5.32 Å². The van der Waals surface area contributed by atoms with E-state index in [-0.39, 0.29) is 11.9 Å². The standard InChI is InChI=1S/C13H20FNO/c1-4-11-5-6-12(9-13(11)14)15-10(2)7-8-16-3/h5-6,9-10,15H,4,7-8H2,1-3H3. The highest BCUT2D eigenvalue weighted by Gasteiger charge is 2.04. The molecule has 1 rings (SSSR count). The maximum atomic E-state index is 13.5. The third-order valence-corrected chi connectivity index (χ3v) is 2.60. The van der Waals surface area contributed by atoms with Crippen LogP contribution in [-0.4, -0.2) is 19.8 Å². The summed E-state index contributed by atoms with van der Waals surface area (Å²) in [4.78, 5) is 0. The van der Waals surface area contributed by atoms with Crippen LogP contribution in [0.4, 0.5) is 10.1 Å². The molecule has 1 unspecified atom stereocenters. The van der Waals surface area contributed by atoms with Gasteiger partial charge in [-0.05, 0) is 37.5 Å². The zero-order chi connectivity index (χ0) is 12.0. The zero-order valence-corrected chi connectivity index (χ0v) is 10.2. The molecular weight excluding hydrogens is 205 g/mol. The number of halogens is 1. The van der Waals surface area contributed by atoms with Gasteiger partial charge in [-0.3, -0.25) is 0 Å². The first kappa shape index (κ1) is 13.0. The van der Waals surface area contributed by atoms with Crippen LogP contribution in [0, 0.1) is 5.82 Å². The van der Waals surface area contributed by atoms with E-state index in [0.29, 0.717) is 6.61 Å². The van der Waals surface area contributed by atoms with Crippen molar-refractivity contribution in [3.63, 3.8) is 0 Å². The van der Waals surface area contributed by atoms with Gasteiger partial charge < -0.3 is 10.1 Å². The summed E-state index contributed by atoms with van der Waals surface area (Å²) in [5.74, 6) is -0.133. The lowest BCUT2D eigenvalue weighted by Gasteiger charge is -2.15. The Labute approximate surface area is 96.8 Å².